The third-order valence-corrected chi connectivity index (χ3v) is 6.44. The fourth-order valence-electron chi connectivity index (χ4n) is 4.19. The van der Waals surface area contributed by atoms with E-state index < -0.39 is 23.5 Å². The Bertz CT molecular complexity index is 1670. The number of aromatic nitrogens is 4. The first-order valence-electron chi connectivity index (χ1n) is 13.2. The van der Waals surface area contributed by atoms with Crippen molar-refractivity contribution in [3.8, 4) is 45.0 Å². The predicted molar refractivity (Wildman–Crippen MR) is 156 cm³/mol. The molecule has 0 atom stereocenters. The molecule has 0 aliphatic carbocycles. The first-order valence-corrected chi connectivity index (χ1v) is 13.2. The quantitative estimate of drug-likeness (QED) is 0.189. The second-order valence-corrected chi connectivity index (χ2v) is 9.45. The van der Waals surface area contributed by atoms with E-state index in [0.29, 0.717) is 12.1 Å². The molecule has 6 rings (SSSR count). The summed E-state index contributed by atoms with van der Waals surface area (Å²) >= 11 is 0. The molecular formula is C34H22F6N4. The van der Waals surface area contributed by atoms with Crippen LogP contribution in [0.5, 0.6) is 0 Å². The molecule has 4 aromatic heterocycles. The van der Waals surface area contributed by atoms with Gasteiger partial charge in [0.25, 0.3) is 0 Å². The smallest absolute Gasteiger partial charge is 0.255 e. The molecule has 0 bridgehead atoms. The minimum Gasteiger partial charge on any atom is -0.255 e. The van der Waals surface area contributed by atoms with E-state index >= 15 is 0 Å². The van der Waals surface area contributed by atoms with E-state index in [1.165, 1.54) is 11.1 Å². The summed E-state index contributed by atoms with van der Waals surface area (Å²) in [5.41, 5.74) is 3.79. The Kier molecular flexibility index (Phi) is 8.80. The lowest BCUT2D eigenvalue weighted by Gasteiger charge is -2.09. The second-order valence-electron chi connectivity index (χ2n) is 9.45. The molecule has 0 saturated heterocycles. The van der Waals surface area contributed by atoms with Gasteiger partial charge in [-0.25, -0.2) is 0 Å². The standard InChI is InChI=1S/C22H16N2.C12H6F6N2/c1-3-7-17(8-4-1)19-11-13-21(23-15-19)22-14-12-20(16-24-22)18-9-5-2-6-10-18;13-11(14,15)7-1-3-19-9(5-7)10-6-8(2-4-20-10)12(16,17)18/h1-16H;1-6H. The first kappa shape index (κ1) is 30.1. The molecular weight excluding hydrogens is 578 g/mol. The third kappa shape index (κ3) is 7.52. The van der Waals surface area contributed by atoms with Crippen molar-refractivity contribution in [1.29, 1.82) is 0 Å². The molecule has 4 nitrogen and oxygen atoms in total. The Balaban J connectivity index is 0.000000178. The van der Waals surface area contributed by atoms with Gasteiger partial charge in [-0.2, -0.15) is 26.3 Å². The molecule has 0 radical (unpaired) electrons. The van der Waals surface area contributed by atoms with Gasteiger partial charge in [0.15, 0.2) is 0 Å². The molecule has 44 heavy (non-hydrogen) atoms. The maximum atomic E-state index is 12.5. The largest absolute Gasteiger partial charge is 0.416 e. The van der Waals surface area contributed by atoms with Crippen molar-refractivity contribution < 1.29 is 26.3 Å². The molecule has 0 aliphatic heterocycles. The minimum atomic E-state index is -4.60. The van der Waals surface area contributed by atoms with Crippen LogP contribution in [0.25, 0.3) is 45.0 Å². The van der Waals surface area contributed by atoms with Crippen molar-refractivity contribution in [1.82, 2.24) is 19.9 Å². The van der Waals surface area contributed by atoms with Gasteiger partial charge in [0.05, 0.1) is 33.9 Å². The molecule has 0 aliphatic rings. The summed E-state index contributed by atoms with van der Waals surface area (Å²) in [6, 6.07) is 31.5. The maximum Gasteiger partial charge on any atom is 0.416 e. The van der Waals surface area contributed by atoms with Gasteiger partial charge in [-0.05, 0) is 47.5 Å². The molecule has 0 saturated carbocycles. The first-order chi connectivity index (χ1) is 21.1. The highest BCUT2D eigenvalue weighted by Gasteiger charge is 2.32. The molecule has 0 amide bonds. The van der Waals surface area contributed by atoms with Gasteiger partial charge in [-0.15, -0.1) is 0 Å². The number of nitrogens with zero attached hydrogens (tertiary/aromatic N) is 4. The summed E-state index contributed by atoms with van der Waals surface area (Å²) in [7, 11) is 0. The van der Waals surface area contributed by atoms with Gasteiger partial charge in [-0.3, -0.25) is 19.9 Å². The van der Waals surface area contributed by atoms with Crippen LogP contribution in [-0.2, 0) is 12.4 Å². The Morgan fingerprint density at radius 1 is 0.364 bits per heavy atom. The fraction of sp³-hybridized carbons (Fsp3) is 0.0588. The Morgan fingerprint density at radius 3 is 1.07 bits per heavy atom. The van der Waals surface area contributed by atoms with Gasteiger partial charge in [0, 0.05) is 35.9 Å². The van der Waals surface area contributed by atoms with Gasteiger partial charge in [0.1, 0.15) is 0 Å². The van der Waals surface area contributed by atoms with E-state index in [1.54, 1.807) is 0 Å². The van der Waals surface area contributed by atoms with Crippen molar-refractivity contribution in [3.05, 3.63) is 145 Å². The van der Waals surface area contributed by atoms with Gasteiger partial charge in [0.2, 0.25) is 0 Å². The Labute approximate surface area is 248 Å². The summed E-state index contributed by atoms with van der Waals surface area (Å²) in [6.45, 7) is 0. The fourth-order valence-corrected chi connectivity index (χ4v) is 4.19. The number of rotatable bonds is 4. The third-order valence-electron chi connectivity index (χ3n) is 6.44. The normalized spacial score (nSPS) is 11.4. The van der Waals surface area contributed by atoms with Gasteiger partial charge >= 0.3 is 12.4 Å². The summed E-state index contributed by atoms with van der Waals surface area (Å²) in [4.78, 5) is 16.4. The molecule has 0 spiro atoms. The number of halogens is 6. The monoisotopic (exact) mass is 600 g/mol. The SMILES string of the molecule is FC(F)(F)c1ccnc(-c2cc(C(F)(F)F)ccn2)c1.c1ccc(-c2ccc(-c3ccc(-c4ccccc4)cn3)nc2)cc1. The molecule has 0 unspecified atom stereocenters. The molecule has 0 fully saturated rings. The van der Waals surface area contributed by atoms with Crippen LogP contribution in [0.2, 0.25) is 0 Å². The number of benzene rings is 2. The Morgan fingerprint density at radius 2 is 0.750 bits per heavy atom. The zero-order valence-electron chi connectivity index (χ0n) is 22.8. The molecule has 4 heterocycles. The lowest BCUT2D eigenvalue weighted by molar-refractivity contribution is -0.138. The van der Waals surface area contributed by atoms with Gasteiger partial charge < -0.3 is 0 Å². The van der Waals surface area contributed by atoms with Crippen molar-refractivity contribution >= 4 is 0 Å². The topological polar surface area (TPSA) is 51.6 Å². The molecule has 2 aromatic carbocycles. The summed E-state index contributed by atoms with van der Waals surface area (Å²) in [5.74, 6) is 0. The minimum absolute atomic E-state index is 0.272. The van der Waals surface area contributed by atoms with E-state index in [2.05, 4.69) is 56.3 Å². The zero-order chi connectivity index (χ0) is 31.2. The molecule has 220 valence electrons. The summed E-state index contributed by atoms with van der Waals surface area (Å²) in [5, 5.41) is 0. The van der Waals surface area contributed by atoms with E-state index in [0.717, 1.165) is 47.0 Å². The highest BCUT2D eigenvalue weighted by molar-refractivity contribution is 5.68. The predicted octanol–water partition coefficient (Wildman–Crippen LogP) is 9.66. The zero-order valence-corrected chi connectivity index (χ0v) is 22.8. The maximum absolute atomic E-state index is 12.5. The van der Waals surface area contributed by atoms with Crippen molar-refractivity contribution in [3.63, 3.8) is 0 Å². The van der Waals surface area contributed by atoms with Crippen LogP contribution in [0.15, 0.2) is 134 Å². The van der Waals surface area contributed by atoms with Crippen LogP contribution in [0.1, 0.15) is 11.1 Å². The van der Waals surface area contributed by atoms with E-state index in [4.69, 9.17) is 0 Å². The Hall–Kier alpha value is -5.38. The average molecular weight is 601 g/mol. The second kappa shape index (κ2) is 12.9. The number of hydrogen-bond donors (Lipinski definition) is 0. The van der Waals surface area contributed by atoms with Crippen molar-refractivity contribution in [2.45, 2.75) is 12.4 Å². The lowest BCUT2D eigenvalue weighted by atomic mass is 10.1. The number of alkyl halides is 6. The van der Waals surface area contributed by atoms with Crippen molar-refractivity contribution in [2.24, 2.45) is 0 Å². The van der Waals surface area contributed by atoms with Crippen LogP contribution < -0.4 is 0 Å². The number of hydrogen-bond acceptors (Lipinski definition) is 4. The van der Waals surface area contributed by atoms with E-state index in [1.807, 2.05) is 60.9 Å². The molecule has 10 heteroatoms. The van der Waals surface area contributed by atoms with Crippen LogP contribution in [-0.4, -0.2) is 19.9 Å². The van der Waals surface area contributed by atoms with Gasteiger partial charge in [-0.1, -0.05) is 72.8 Å². The van der Waals surface area contributed by atoms with Crippen molar-refractivity contribution in [2.75, 3.05) is 0 Å². The highest BCUT2D eigenvalue weighted by atomic mass is 19.4. The van der Waals surface area contributed by atoms with Crippen LogP contribution >= 0.6 is 0 Å². The van der Waals surface area contributed by atoms with Crippen LogP contribution in [0.4, 0.5) is 26.3 Å². The van der Waals surface area contributed by atoms with Crippen LogP contribution in [0.3, 0.4) is 0 Å². The lowest BCUT2D eigenvalue weighted by Crippen LogP contribution is -2.07. The van der Waals surface area contributed by atoms with E-state index in [9.17, 15) is 26.3 Å². The average Bonchev–Trinajstić information content (AvgIpc) is 3.05. The van der Waals surface area contributed by atoms with E-state index in [-0.39, 0.29) is 11.4 Å². The number of pyridine rings is 4. The summed E-state index contributed by atoms with van der Waals surface area (Å²) < 4.78 is 75.1. The molecule has 6 aromatic rings. The summed E-state index contributed by atoms with van der Waals surface area (Å²) in [6.07, 6.45) is -3.65. The van der Waals surface area contributed by atoms with Crippen LogP contribution in [0, 0.1) is 0 Å². The highest BCUT2D eigenvalue weighted by Crippen LogP contribution is 2.33. The molecule has 0 N–H and O–H groups in total.